The summed E-state index contributed by atoms with van der Waals surface area (Å²) in [7, 11) is 0. The summed E-state index contributed by atoms with van der Waals surface area (Å²) < 4.78 is 0. The lowest BCUT2D eigenvalue weighted by Gasteiger charge is -2.26. The number of likely N-dealkylation sites (N-methyl/N-ethyl adjacent to an activating group) is 1. The molecule has 1 amide bonds. The zero-order valence-corrected chi connectivity index (χ0v) is 12.3. The Labute approximate surface area is 120 Å². The minimum Gasteiger partial charge on any atom is -0.342 e. The number of hydrogen-bond acceptors (Lipinski definition) is 2. The molecule has 0 spiro atoms. The van der Waals surface area contributed by atoms with Crippen LogP contribution in [0.2, 0.25) is 0 Å². The van der Waals surface area contributed by atoms with E-state index in [9.17, 15) is 4.79 Å². The van der Waals surface area contributed by atoms with Crippen molar-refractivity contribution in [3.05, 3.63) is 35.9 Å². The van der Waals surface area contributed by atoms with E-state index in [2.05, 4.69) is 17.0 Å². The second kappa shape index (κ2) is 5.93. The van der Waals surface area contributed by atoms with E-state index < -0.39 is 0 Å². The SMILES string of the molecule is CCN(CC)C(=O)[C@@]1(c2ccccc2)C[C@H]1CNCl. The summed E-state index contributed by atoms with van der Waals surface area (Å²) in [6.07, 6.45) is 0.881. The second-order valence-corrected chi connectivity index (χ2v) is 5.32. The highest BCUT2D eigenvalue weighted by molar-refractivity contribution is 6.13. The van der Waals surface area contributed by atoms with Crippen LogP contribution >= 0.6 is 11.8 Å². The van der Waals surface area contributed by atoms with Crippen LogP contribution in [0.15, 0.2) is 30.3 Å². The Bertz CT molecular complexity index is 433. The normalized spacial score (nSPS) is 25.1. The van der Waals surface area contributed by atoms with Gasteiger partial charge in [0.05, 0.1) is 5.41 Å². The van der Waals surface area contributed by atoms with Gasteiger partial charge in [0, 0.05) is 19.6 Å². The first-order chi connectivity index (χ1) is 9.20. The van der Waals surface area contributed by atoms with E-state index >= 15 is 0 Å². The molecule has 1 aromatic carbocycles. The van der Waals surface area contributed by atoms with E-state index in [4.69, 9.17) is 11.8 Å². The molecule has 19 heavy (non-hydrogen) atoms. The van der Waals surface area contributed by atoms with Gasteiger partial charge in [-0.3, -0.25) is 4.79 Å². The van der Waals surface area contributed by atoms with Crippen molar-refractivity contribution in [2.45, 2.75) is 25.7 Å². The van der Waals surface area contributed by atoms with Crippen LogP contribution in [0.1, 0.15) is 25.8 Å². The number of nitrogens with zero attached hydrogens (tertiary/aromatic N) is 1. The molecule has 0 unspecified atom stereocenters. The van der Waals surface area contributed by atoms with Gasteiger partial charge in [-0.15, -0.1) is 0 Å². The first-order valence-electron chi connectivity index (χ1n) is 6.89. The van der Waals surface area contributed by atoms with Gasteiger partial charge >= 0.3 is 0 Å². The fourth-order valence-electron chi connectivity index (χ4n) is 2.94. The maximum atomic E-state index is 12.8. The molecule has 4 heteroatoms. The monoisotopic (exact) mass is 280 g/mol. The largest absolute Gasteiger partial charge is 0.342 e. The second-order valence-electron chi connectivity index (χ2n) is 5.05. The number of carbonyl (C=O) groups excluding carboxylic acids is 1. The molecule has 0 bridgehead atoms. The molecule has 0 saturated heterocycles. The van der Waals surface area contributed by atoms with Gasteiger partial charge in [-0.25, -0.2) is 4.84 Å². The molecule has 1 N–H and O–H groups in total. The number of hydrogen-bond donors (Lipinski definition) is 1. The minimum atomic E-state index is -0.366. The van der Waals surface area contributed by atoms with Gasteiger partial charge in [-0.05, 0) is 43.5 Å². The number of rotatable bonds is 6. The molecule has 2 atom stereocenters. The molecule has 1 fully saturated rings. The molecule has 1 aliphatic rings. The topological polar surface area (TPSA) is 32.3 Å². The van der Waals surface area contributed by atoms with E-state index in [0.29, 0.717) is 12.5 Å². The van der Waals surface area contributed by atoms with Crippen LogP contribution in [0.4, 0.5) is 0 Å². The van der Waals surface area contributed by atoms with Crippen molar-refractivity contribution in [3.63, 3.8) is 0 Å². The van der Waals surface area contributed by atoms with E-state index in [1.807, 2.05) is 36.9 Å². The van der Waals surface area contributed by atoms with Crippen LogP contribution in [0.25, 0.3) is 0 Å². The lowest BCUT2D eigenvalue weighted by Crippen LogP contribution is -2.40. The fourth-order valence-corrected chi connectivity index (χ4v) is 3.12. The Kier molecular flexibility index (Phi) is 4.48. The van der Waals surface area contributed by atoms with E-state index in [-0.39, 0.29) is 11.3 Å². The molecule has 1 aromatic rings. The van der Waals surface area contributed by atoms with Gasteiger partial charge in [-0.1, -0.05) is 30.3 Å². The van der Waals surface area contributed by atoms with Crippen LogP contribution in [0, 0.1) is 5.92 Å². The predicted molar refractivity (Wildman–Crippen MR) is 78.0 cm³/mol. The molecule has 104 valence electrons. The summed E-state index contributed by atoms with van der Waals surface area (Å²) in [6.45, 7) is 6.23. The quantitative estimate of drug-likeness (QED) is 0.812. The number of nitrogens with one attached hydrogen (secondary N) is 1. The van der Waals surface area contributed by atoms with Crippen LogP contribution in [-0.2, 0) is 10.2 Å². The Morgan fingerprint density at radius 1 is 1.37 bits per heavy atom. The van der Waals surface area contributed by atoms with Crippen LogP contribution in [-0.4, -0.2) is 30.4 Å². The Morgan fingerprint density at radius 3 is 2.53 bits per heavy atom. The lowest BCUT2D eigenvalue weighted by molar-refractivity contribution is -0.134. The molecular formula is C15H21ClN2O. The maximum absolute atomic E-state index is 12.8. The van der Waals surface area contributed by atoms with Crippen molar-refractivity contribution in [1.82, 2.24) is 9.74 Å². The summed E-state index contributed by atoms with van der Waals surface area (Å²) >= 11 is 5.63. The third-order valence-corrected chi connectivity index (χ3v) is 4.30. The number of carbonyl (C=O) groups is 1. The summed E-state index contributed by atoms with van der Waals surface area (Å²) in [4.78, 5) is 17.4. The number of benzene rings is 1. The zero-order valence-electron chi connectivity index (χ0n) is 11.5. The van der Waals surface area contributed by atoms with Crippen molar-refractivity contribution >= 4 is 17.7 Å². The van der Waals surface area contributed by atoms with E-state index in [0.717, 1.165) is 25.1 Å². The lowest BCUT2D eigenvalue weighted by atomic mass is 9.91. The van der Waals surface area contributed by atoms with Crippen molar-refractivity contribution < 1.29 is 4.79 Å². The highest BCUT2D eigenvalue weighted by Gasteiger charge is 2.61. The molecule has 0 radical (unpaired) electrons. The van der Waals surface area contributed by atoms with Crippen molar-refractivity contribution in [3.8, 4) is 0 Å². The molecule has 0 aromatic heterocycles. The fraction of sp³-hybridized carbons (Fsp3) is 0.533. The molecule has 3 nitrogen and oxygen atoms in total. The standard InChI is InChI=1S/C15H21ClN2O/c1-3-18(4-2)14(19)15(10-13(15)11-17-16)12-8-6-5-7-9-12/h5-9,13,17H,3-4,10-11H2,1-2H3/t13-,15+/m0/s1. The Hall–Kier alpha value is -1.06. The van der Waals surface area contributed by atoms with Gasteiger partial charge in [0.15, 0.2) is 0 Å². The Balaban J connectivity index is 2.30. The van der Waals surface area contributed by atoms with Crippen molar-refractivity contribution in [2.24, 2.45) is 5.92 Å². The van der Waals surface area contributed by atoms with Gasteiger partial charge < -0.3 is 4.90 Å². The number of halogens is 1. The minimum absolute atomic E-state index is 0.237. The van der Waals surface area contributed by atoms with E-state index in [1.54, 1.807) is 0 Å². The van der Waals surface area contributed by atoms with Crippen molar-refractivity contribution in [2.75, 3.05) is 19.6 Å². The first kappa shape index (κ1) is 14.4. The molecule has 1 aliphatic carbocycles. The molecule has 2 rings (SSSR count). The molecular weight excluding hydrogens is 260 g/mol. The summed E-state index contributed by atoms with van der Waals surface area (Å²) in [6, 6.07) is 10.1. The molecule has 0 aliphatic heterocycles. The first-order valence-corrected chi connectivity index (χ1v) is 7.26. The predicted octanol–water partition coefficient (Wildman–Crippen LogP) is 2.56. The zero-order chi connectivity index (χ0) is 13.9. The van der Waals surface area contributed by atoms with Crippen molar-refractivity contribution in [1.29, 1.82) is 0 Å². The smallest absolute Gasteiger partial charge is 0.233 e. The third-order valence-electron chi connectivity index (χ3n) is 4.15. The summed E-state index contributed by atoms with van der Waals surface area (Å²) in [5, 5.41) is 0. The van der Waals surface area contributed by atoms with Gasteiger partial charge in [-0.2, -0.15) is 0 Å². The highest BCUT2D eigenvalue weighted by atomic mass is 35.5. The average molecular weight is 281 g/mol. The Morgan fingerprint density at radius 2 is 2.00 bits per heavy atom. The molecule has 1 saturated carbocycles. The van der Waals surface area contributed by atoms with Crippen LogP contribution in [0.3, 0.4) is 0 Å². The van der Waals surface area contributed by atoms with E-state index in [1.165, 1.54) is 0 Å². The van der Waals surface area contributed by atoms with Crippen LogP contribution in [0.5, 0.6) is 0 Å². The van der Waals surface area contributed by atoms with Crippen LogP contribution < -0.4 is 4.84 Å². The summed E-state index contributed by atoms with van der Waals surface area (Å²) in [5.41, 5.74) is 0.749. The maximum Gasteiger partial charge on any atom is 0.233 e. The van der Waals surface area contributed by atoms with Gasteiger partial charge in [0.2, 0.25) is 5.91 Å². The summed E-state index contributed by atoms with van der Waals surface area (Å²) in [5.74, 6) is 0.529. The van der Waals surface area contributed by atoms with Gasteiger partial charge in [0.25, 0.3) is 0 Å². The third kappa shape index (κ3) is 2.49. The van der Waals surface area contributed by atoms with Gasteiger partial charge in [0.1, 0.15) is 0 Å². The molecule has 0 heterocycles. The number of amides is 1. The average Bonchev–Trinajstić information content (AvgIpc) is 3.17. The highest BCUT2D eigenvalue weighted by Crippen LogP contribution is 2.55.